The molecule has 3 heterocycles. The van der Waals surface area contributed by atoms with Crippen LogP contribution >= 0.6 is 0 Å². The number of Topliss-reactive ketones (excluding diaryl/α,β-unsaturated/α-hetero) is 1. The first kappa shape index (κ1) is 28.6. The van der Waals surface area contributed by atoms with Crippen LogP contribution in [0.15, 0.2) is 78.1 Å². The first-order valence-corrected chi connectivity index (χ1v) is 14.0. The molecule has 0 fully saturated rings. The first-order valence-electron chi connectivity index (χ1n) is 14.0. The lowest BCUT2D eigenvalue weighted by Gasteiger charge is -2.16. The highest BCUT2D eigenvalue weighted by Gasteiger charge is 2.18. The smallest absolute Gasteiger partial charge is 0.277 e. The number of fused-ring (bicyclic) bond motifs is 1. The van der Waals surface area contributed by atoms with Gasteiger partial charge >= 0.3 is 0 Å². The highest BCUT2D eigenvalue weighted by Crippen LogP contribution is 2.26. The Kier molecular flexibility index (Phi) is 8.10. The average molecular weight is 566 g/mol. The van der Waals surface area contributed by atoms with Crippen LogP contribution in [0.2, 0.25) is 0 Å². The summed E-state index contributed by atoms with van der Waals surface area (Å²) in [5.74, 6) is -0.506. The van der Waals surface area contributed by atoms with E-state index < -0.39 is 5.56 Å². The van der Waals surface area contributed by atoms with Gasteiger partial charge in [-0.25, -0.2) is 9.37 Å². The summed E-state index contributed by atoms with van der Waals surface area (Å²) in [5, 5.41) is 3.53. The van der Waals surface area contributed by atoms with Crippen molar-refractivity contribution in [3.8, 4) is 17.1 Å². The number of rotatable bonds is 9. The average Bonchev–Trinajstić information content (AvgIpc) is 3.33. The molecule has 0 aliphatic rings. The summed E-state index contributed by atoms with van der Waals surface area (Å²) in [6, 6.07) is 13.6. The molecule has 42 heavy (non-hydrogen) atoms. The number of pyridine rings is 1. The number of nitrogens with one attached hydrogen (secondary N) is 1. The van der Waals surface area contributed by atoms with Gasteiger partial charge in [0.15, 0.2) is 5.78 Å². The zero-order chi connectivity index (χ0) is 30.0. The molecule has 0 saturated heterocycles. The van der Waals surface area contributed by atoms with Gasteiger partial charge in [-0.05, 0) is 54.8 Å². The summed E-state index contributed by atoms with van der Waals surface area (Å²) in [4.78, 5) is 47.9. The van der Waals surface area contributed by atoms with Gasteiger partial charge < -0.3 is 9.88 Å². The van der Waals surface area contributed by atoms with E-state index in [-0.39, 0.29) is 35.7 Å². The fourth-order valence-corrected chi connectivity index (χ4v) is 4.89. The molecular weight excluding hydrogens is 533 g/mol. The Labute approximate surface area is 242 Å². The minimum atomic E-state index is -0.424. The first-order chi connectivity index (χ1) is 20.2. The molecular formula is C33H32FN5O3. The number of nitrogens with zero attached hydrogens (tertiary/aromatic N) is 4. The number of halogens is 1. The molecule has 2 aromatic carbocycles. The second-order valence-corrected chi connectivity index (χ2v) is 10.4. The van der Waals surface area contributed by atoms with Crippen molar-refractivity contribution >= 4 is 28.3 Å². The van der Waals surface area contributed by atoms with Crippen molar-refractivity contribution in [3.05, 3.63) is 106 Å². The number of hydrogen-bond acceptors (Lipinski definition) is 5. The van der Waals surface area contributed by atoms with Gasteiger partial charge in [0.25, 0.3) is 5.56 Å². The number of aromatic nitrogens is 4. The van der Waals surface area contributed by atoms with Crippen molar-refractivity contribution in [2.75, 3.05) is 5.32 Å². The van der Waals surface area contributed by atoms with E-state index in [1.54, 1.807) is 56.6 Å². The molecule has 5 aromatic rings. The molecule has 0 spiro atoms. The van der Waals surface area contributed by atoms with Gasteiger partial charge in [0.05, 0.1) is 30.1 Å². The minimum Gasteiger partial charge on any atom is -0.320 e. The lowest BCUT2D eigenvalue weighted by Crippen LogP contribution is -2.30. The number of amides is 1. The fourth-order valence-electron chi connectivity index (χ4n) is 4.89. The van der Waals surface area contributed by atoms with Crippen LogP contribution in [0.1, 0.15) is 55.1 Å². The van der Waals surface area contributed by atoms with E-state index in [4.69, 9.17) is 0 Å². The molecule has 1 N–H and O–H groups in total. The van der Waals surface area contributed by atoms with Gasteiger partial charge in [-0.3, -0.25) is 23.9 Å². The van der Waals surface area contributed by atoms with E-state index in [1.807, 2.05) is 30.7 Å². The van der Waals surface area contributed by atoms with Crippen LogP contribution in [0.4, 0.5) is 10.1 Å². The number of hydrogen-bond donors (Lipinski definition) is 1. The summed E-state index contributed by atoms with van der Waals surface area (Å²) >= 11 is 0. The molecule has 0 radical (unpaired) electrons. The maximum atomic E-state index is 13.9. The maximum Gasteiger partial charge on any atom is 0.277 e. The monoisotopic (exact) mass is 565 g/mol. The van der Waals surface area contributed by atoms with Crippen LogP contribution in [0.3, 0.4) is 0 Å². The van der Waals surface area contributed by atoms with Crippen LogP contribution in [0.5, 0.6) is 0 Å². The lowest BCUT2D eigenvalue weighted by molar-refractivity contribution is -0.119. The highest BCUT2D eigenvalue weighted by atomic mass is 19.1. The van der Waals surface area contributed by atoms with Crippen molar-refractivity contribution in [2.45, 2.75) is 47.1 Å². The molecule has 0 bridgehead atoms. The van der Waals surface area contributed by atoms with Crippen LogP contribution < -0.4 is 10.9 Å². The normalized spacial score (nSPS) is 11.9. The van der Waals surface area contributed by atoms with Crippen LogP contribution in [-0.2, 0) is 11.3 Å². The largest absolute Gasteiger partial charge is 0.320 e. The van der Waals surface area contributed by atoms with Crippen molar-refractivity contribution < 1.29 is 14.0 Å². The molecule has 214 valence electrons. The summed E-state index contributed by atoms with van der Waals surface area (Å²) < 4.78 is 17.3. The second kappa shape index (κ2) is 11.9. The summed E-state index contributed by atoms with van der Waals surface area (Å²) in [7, 11) is 0. The SMILES string of the molecule is CCC(=O)c1cccc(-c2ncc(NC(=O)[C@H](C)CC)c(=O)n2Cc2cncc(-n3cc(C)c4cc(F)ccc43)c2)c1. The lowest BCUT2D eigenvalue weighted by atomic mass is 10.0. The number of aryl methyl sites for hydroxylation is 1. The summed E-state index contributed by atoms with van der Waals surface area (Å²) in [6.45, 7) is 7.52. The zero-order valence-corrected chi connectivity index (χ0v) is 24.0. The van der Waals surface area contributed by atoms with Gasteiger partial charge in [0.2, 0.25) is 5.91 Å². The summed E-state index contributed by atoms with van der Waals surface area (Å²) in [6.07, 6.45) is 7.64. The van der Waals surface area contributed by atoms with Crippen molar-refractivity contribution in [1.82, 2.24) is 19.1 Å². The van der Waals surface area contributed by atoms with Crippen LogP contribution in [0.25, 0.3) is 28.0 Å². The standard InChI is InChI=1S/C33H32FN5O3/c1-5-20(3)32(41)37-28-17-36-31(24-9-7-8-23(13-24)30(40)6-2)39(33(28)42)19-22-12-26(16-35-15-22)38-18-21(4)27-14-25(34)10-11-29(27)38/h7-18,20H,5-6,19H2,1-4H3,(H,37,41)/t20-/m1/s1. The molecule has 5 rings (SSSR count). The Balaban J connectivity index is 1.60. The minimum absolute atomic E-state index is 0.0193. The van der Waals surface area contributed by atoms with Gasteiger partial charge in [0.1, 0.15) is 17.3 Å². The van der Waals surface area contributed by atoms with Crippen LogP contribution in [0, 0.1) is 18.7 Å². The molecule has 0 unspecified atom stereocenters. The van der Waals surface area contributed by atoms with Gasteiger partial charge in [0, 0.05) is 41.2 Å². The number of carbonyl (C=O) groups excluding carboxylic acids is 2. The molecule has 1 amide bonds. The Morgan fingerprint density at radius 2 is 1.86 bits per heavy atom. The Morgan fingerprint density at radius 1 is 1.05 bits per heavy atom. The van der Waals surface area contributed by atoms with E-state index in [2.05, 4.69) is 15.3 Å². The Morgan fingerprint density at radius 3 is 2.62 bits per heavy atom. The van der Waals surface area contributed by atoms with Crippen LogP contribution in [-0.4, -0.2) is 30.8 Å². The summed E-state index contributed by atoms with van der Waals surface area (Å²) in [5.41, 5.74) is 3.99. The molecule has 0 aliphatic heterocycles. The number of ketones is 1. The predicted octanol–water partition coefficient (Wildman–Crippen LogP) is 6.32. The number of benzene rings is 2. The van der Waals surface area contributed by atoms with Crippen molar-refractivity contribution in [2.24, 2.45) is 5.92 Å². The Bertz CT molecular complexity index is 1870. The van der Waals surface area contributed by atoms with E-state index in [9.17, 15) is 18.8 Å². The predicted molar refractivity (Wildman–Crippen MR) is 162 cm³/mol. The van der Waals surface area contributed by atoms with E-state index in [0.29, 0.717) is 35.4 Å². The van der Waals surface area contributed by atoms with E-state index in [1.165, 1.54) is 22.9 Å². The van der Waals surface area contributed by atoms with E-state index >= 15 is 0 Å². The molecule has 0 saturated carbocycles. The Hall–Kier alpha value is -4.92. The molecule has 3 aromatic heterocycles. The van der Waals surface area contributed by atoms with Crippen molar-refractivity contribution in [3.63, 3.8) is 0 Å². The van der Waals surface area contributed by atoms with Gasteiger partial charge in [-0.15, -0.1) is 0 Å². The number of anilines is 1. The fraction of sp³-hybridized carbons (Fsp3) is 0.242. The van der Waals surface area contributed by atoms with Crippen molar-refractivity contribution in [1.29, 1.82) is 0 Å². The molecule has 8 nitrogen and oxygen atoms in total. The molecule has 9 heteroatoms. The molecule has 0 aliphatic carbocycles. The molecule has 1 atom stereocenters. The number of carbonyl (C=O) groups is 2. The topological polar surface area (TPSA) is 98.9 Å². The zero-order valence-electron chi connectivity index (χ0n) is 24.0. The maximum absolute atomic E-state index is 13.9. The van der Waals surface area contributed by atoms with E-state index in [0.717, 1.165) is 22.2 Å². The highest BCUT2D eigenvalue weighted by molar-refractivity contribution is 5.97. The van der Waals surface area contributed by atoms with Gasteiger partial charge in [-0.2, -0.15) is 0 Å². The van der Waals surface area contributed by atoms with Gasteiger partial charge in [-0.1, -0.05) is 39.0 Å². The third-order valence-electron chi connectivity index (χ3n) is 7.49. The quantitative estimate of drug-likeness (QED) is 0.211. The second-order valence-electron chi connectivity index (χ2n) is 10.4. The third kappa shape index (κ3) is 5.63. The third-order valence-corrected chi connectivity index (χ3v) is 7.49.